The van der Waals surface area contributed by atoms with Crippen molar-refractivity contribution in [3.63, 3.8) is 0 Å². The fourth-order valence-electron chi connectivity index (χ4n) is 3.84. The number of morpholine rings is 1. The Morgan fingerprint density at radius 2 is 1.69 bits per heavy atom. The Bertz CT molecular complexity index is 899. The minimum Gasteiger partial charge on any atom is -0.445 e. The van der Waals surface area contributed by atoms with Crippen molar-refractivity contribution in [3.8, 4) is 0 Å². The first-order valence-corrected chi connectivity index (χ1v) is 9.92. The second-order valence-corrected chi connectivity index (χ2v) is 7.41. The van der Waals surface area contributed by atoms with Gasteiger partial charge in [-0.1, -0.05) is 12.1 Å². The van der Waals surface area contributed by atoms with Crippen LogP contribution < -0.4 is 0 Å². The van der Waals surface area contributed by atoms with Crippen LogP contribution in [0.2, 0.25) is 0 Å². The van der Waals surface area contributed by atoms with E-state index in [2.05, 4.69) is 4.98 Å². The number of halogens is 1. The number of nitrogens with zero attached hydrogens (tertiary/aromatic N) is 3. The van der Waals surface area contributed by atoms with Gasteiger partial charge in [0, 0.05) is 32.1 Å². The van der Waals surface area contributed by atoms with Crippen molar-refractivity contribution >= 4 is 11.8 Å². The van der Waals surface area contributed by atoms with E-state index in [1.165, 1.54) is 12.1 Å². The minimum atomic E-state index is -0.505. The normalized spacial score (nSPS) is 18.1. The number of benzene rings is 1. The summed E-state index contributed by atoms with van der Waals surface area (Å²) in [6, 6.07) is 6.03. The summed E-state index contributed by atoms with van der Waals surface area (Å²) in [4.78, 5) is 33.2. The molecule has 2 fully saturated rings. The number of amides is 2. The molecule has 0 spiro atoms. The zero-order valence-corrected chi connectivity index (χ0v) is 16.4. The SMILES string of the molecule is Cc1oc(C2CCN(C(=O)c3ccccc3F)CC2)nc1C(=O)N1CCOCC1. The number of carbonyl (C=O) groups excluding carboxylic acids is 2. The maximum atomic E-state index is 13.9. The second kappa shape index (κ2) is 8.32. The number of carbonyl (C=O) groups is 2. The van der Waals surface area contributed by atoms with E-state index < -0.39 is 5.82 Å². The van der Waals surface area contributed by atoms with Crippen molar-refractivity contribution in [3.05, 3.63) is 53.0 Å². The van der Waals surface area contributed by atoms with Crippen molar-refractivity contribution < 1.29 is 23.1 Å². The van der Waals surface area contributed by atoms with Crippen LogP contribution in [0.1, 0.15) is 51.3 Å². The Labute approximate surface area is 168 Å². The zero-order valence-electron chi connectivity index (χ0n) is 16.4. The molecule has 4 rings (SSSR count). The first kappa shape index (κ1) is 19.6. The van der Waals surface area contributed by atoms with E-state index in [4.69, 9.17) is 9.15 Å². The van der Waals surface area contributed by atoms with Gasteiger partial charge in [-0.25, -0.2) is 9.37 Å². The standard InChI is InChI=1S/C21H24FN3O4/c1-14-18(21(27)25-10-12-28-13-11-25)23-19(29-14)15-6-8-24(9-7-15)20(26)16-4-2-3-5-17(16)22/h2-5,15H,6-13H2,1H3. The van der Waals surface area contributed by atoms with Crippen molar-refractivity contribution in [2.24, 2.45) is 0 Å². The minimum absolute atomic E-state index is 0.0320. The van der Waals surface area contributed by atoms with Crippen molar-refractivity contribution in [2.75, 3.05) is 39.4 Å². The lowest BCUT2D eigenvalue weighted by Crippen LogP contribution is -2.41. The third-order valence-corrected chi connectivity index (χ3v) is 5.55. The molecular weight excluding hydrogens is 377 g/mol. The summed E-state index contributed by atoms with van der Waals surface area (Å²) in [6.45, 7) is 4.90. The van der Waals surface area contributed by atoms with Crippen LogP contribution in [0.25, 0.3) is 0 Å². The van der Waals surface area contributed by atoms with E-state index in [1.807, 2.05) is 0 Å². The maximum absolute atomic E-state index is 13.9. The Morgan fingerprint density at radius 3 is 2.38 bits per heavy atom. The number of oxazole rings is 1. The van der Waals surface area contributed by atoms with Crippen LogP contribution in [-0.4, -0.2) is 66.0 Å². The summed E-state index contributed by atoms with van der Waals surface area (Å²) < 4.78 is 25.0. The molecule has 0 N–H and O–H groups in total. The third kappa shape index (κ3) is 4.03. The first-order chi connectivity index (χ1) is 14.0. The molecule has 0 aliphatic carbocycles. The van der Waals surface area contributed by atoms with E-state index in [1.54, 1.807) is 28.9 Å². The highest BCUT2D eigenvalue weighted by Crippen LogP contribution is 2.30. The van der Waals surface area contributed by atoms with Crippen LogP contribution in [0, 0.1) is 12.7 Å². The summed E-state index contributed by atoms with van der Waals surface area (Å²) in [7, 11) is 0. The summed E-state index contributed by atoms with van der Waals surface area (Å²) in [6.07, 6.45) is 1.32. The predicted octanol–water partition coefficient (Wildman–Crippen LogP) is 2.61. The zero-order chi connectivity index (χ0) is 20.4. The number of hydrogen-bond acceptors (Lipinski definition) is 5. The van der Waals surface area contributed by atoms with E-state index >= 15 is 0 Å². The average Bonchev–Trinajstić information content (AvgIpc) is 3.15. The van der Waals surface area contributed by atoms with Crippen molar-refractivity contribution in [2.45, 2.75) is 25.7 Å². The van der Waals surface area contributed by atoms with Gasteiger partial charge in [0.2, 0.25) is 0 Å². The third-order valence-electron chi connectivity index (χ3n) is 5.55. The van der Waals surface area contributed by atoms with Crippen LogP contribution in [0.15, 0.2) is 28.7 Å². The van der Waals surface area contributed by atoms with Gasteiger partial charge in [-0.05, 0) is 31.9 Å². The topological polar surface area (TPSA) is 75.9 Å². The Hall–Kier alpha value is -2.74. The van der Waals surface area contributed by atoms with Gasteiger partial charge in [-0.2, -0.15) is 0 Å². The first-order valence-electron chi connectivity index (χ1n) is 9.92. The summed E-state index contributed by atoms with van der Waals surface area (Å²) in [5.41, 5.74) is 0.447. The maximum Gasteiger partial charge on any atom is 0.276 e. The molecule has 29 heavy (non-hydrogen) atoms. The molecular formula is C21H24FN3O4. The summed E-state index contributed by atoms with van der Waals surface area (Å²) >= 11 is 0. The Kier molecular flexibility index (Phi) is 5.62. The molecule has 2 aliphatic heterocycles. The number of hydrogen-bond donors (Lipinski definition) is 0. The van der Waals surface area contributed by atoms with Crippen LogP contribution in [-0.2, 0) is 4.74 Å². The monoisotopic (exact) mass is 401 g/mol. The molecule has 154 valence electrons. The smallest absolute Gasteiger partial charge is 0.276 e. The lowest BCUT2D eigenvalue weighted by atomic mass is 9.96. The summed E-state index contributed by atoms with van der Waals surface area (Å²) in [5.74, 6) is 0.151. The van der Waals surface area contributed by atoms with Crippen molar-refractivity contribution in [1.29, 1.82) is 0 Å². The van der Waals surface area contributed by atoms with Gasteiger partial charge in [-0.15, -0.1) is 0 Å². The van der Waals surface area contributed by atoms with Crippen molar-refractivity contribution in [1.82, 2.24) is 14.8 Å². The van der Waals surface area contributed by atoms with Gasteiger partial charge in [0.15, 0.2) is 11.6 Å². The molecule has 0 unspecified atom stereocenters. The number of aryl methyl sites for hydroxylation is 1. The molecule has 1 aromatic heterocycles. The lowest BCUT2D eigenvalue weighted by Gasteiger charge is -2.30. The van der Waals surface area contributed by atoms with E-state index in [-0.39, 0.29) is 23.3 Å². The largest absolute Gasteiger partial charge is 0.445 e. The Morgan fingerprint density at radius 1 is 1.03 bits per heavy atom. The van der Waals surface area contributed by atoms with E-state index in [9.17, 15) is 14.0 Å². The van der Waals surface area contributed by atoms with Crippen LogP contribution in [0.5, 0.6) is 0 Å². The highest BCUT2D eigenvalue weighted by atomic mass is 19.1. The fraction of sp³-hybridized carbons (Fsp3) is 0.476. The highest BCUT2D eigenvalue weighted by molar-refractivity contribution is 5.94. The molecule has 2 aromatic rings. The molecule has 0 saturated carbocycles. The van der Waals surface area contributed by atoms with Gasteiger partial charge in [0.1, 0.15) is 11.6 Å². The number of rotatable bonds is 3. The van der Waals surface area contributed by atoms with E-state index in [0.29, 0.717) is 69.6 Å². The Balaban J connectivity index is 1.41. The number of aromatic nitrogens is 1. The molecule has 3 heterocycles. The molecule has 0 atom stereocenters. The molecule has 2 aliphatic rings. The molecule has 2 saturated heterocycles. The van der Waals surface area contributed by atoms with Gasteiger partial charge in [-0.3, -0.25) is 9.59 Å². The second-order valence-electron chi connectivity index (χ2n) is 7.41. The van der Waals surface area contributed by atoms with E-state index in [0.717, 1.165) is 0 Å². The molecule has 0 radical (unpaired) electrons. The van der Waals surface area contributed by atoms with Gasteiger partial charge in [0.25, 0.3) is 11.8 Å². The van der Waals surface area contributed by atoms with Gasteiger partial charge >= 0.3 is 0 Å². The predicted molar refractivity (Wildman–Crippen MR) is 102 cm³/mol. The lowest BCUT2D eigenvalue weighted by molar-refractivity contribution is 0.0298. The number of ether oxygens (including phenoxy) is 1. The van der Waals surface area contributed by atoms with Crippen LogP contribution in [0.4, 0.5) is 4.39 Å². The molecule has 0 bridgehead atoms. The number of likely N-dealkylation sites (tertiary alicyclic amines) is 1. The van der Waals surface area contributed by atoms with Crippen LogP contribution >= 0.6 is 0 Å². The molecule has 8 heteroatoms. The fourth-order valence-corrected chi connectivity index (χ4v) is 3.84. The van der Waals surface area contributed by atoms with Crippen LogP contribution in [0.3, 0.4) is 0 Å². The molecule has 2 amide bonds. The van der Waals surface area contributed by atoms with Gasteiger partial charge in [0.05, 0.1) is 18.8 Å². The highest BCUT2D eigenvalue weighted by Gasteiger charge is 2.31. The average molecular weight is 401 g/mol. The number of piperidine rings is 1. The summed E-state index contributed by atoms with van der Waals surface area (Å²) in [5, 5.41) is 0. The molecule has 7 nitrogen and oxygen atoms in total. The van der Waals surface area contributed by atoms with Gasteiger partial charge < -0.3 is 19.0 Å². The molecule has 1 aromatic carbocycles. The quantitative estimate of drug-likeness (QED) is 0.790.